The predicted molar refractivity (Wildman–Crippen MR) is 100 cm³/mol. The van der Waals surface area contributed by atoms with Crippen LogP contribution in [-0.4, -0.2) is 27.9 Å². The summed E-state index contributed by atoms with van der Waals surface area (Å²) in [5.74, 6) is -1.03. The van der Waals surface area contributed by atoms with Gasteiger partial charge in [0, 0.05) is 41.1 Å². The molecule has 1 aromatic carbocycles. The Morgan fingerprint density at radius 1 is 1.19 bits per heavy atom. The Morgan fingerprint density at radius 3 is 2.58 bits per heavy atom. The van der Waals surface area contributed by atoms with Gasteiger partial charge in [0.15, 0.2) is 5.78 Å². The molecular formula is C21H22N2O3. The van der Waals surface area contributed by atoms with Crippen molar-refractivity contribution in [1.29, 1.82) is 0 Å². The SMILES string of the molecule is CCOC(=O)[C@@H](C)c1c(C(=O)c2ccc(C)nc2)c2ccccc2n1C. The zero-order chi connectivity index (χ0) is 18.8. The zero-order valence-corrected chi connectivity index (χ0v) is 15.4. The molecule has 0 N–H and O–H groups in total. The monoisotopic (exact) mass is 350 g/mol. The summed E-state index contributed by atoms with van der Waals surface area (Å²) in [6.45, 7) is 5.73. The lowest BCUT2D eigenvalue weighted by Gasteiger charge is -2.14. The smallest absolute Gasteiger partial charge is 0.314 e. The van der Waals surface area contributed by atoms with Crippen LogP contribution in [0.15, 0.2) is 42.6 Å². The number of aromatic nitrogens is 2. The van der Waals surface area contributed by atoms with E-state index in [0.29, 0.717) is 23.4 Å². The molecule has 2 heterocycles. The molecular weight excluding hydrogens is 328 g/mol. The summed E-state index contributed by atoms with van der Waals surface area (Å²) in [7, 11) is 1.87. The second-order valence-electron chi connectivity index (χ2n) is 6.33. The van der Waals surface area contributed by atoms with Crippen molar-refractivity contribution in [3.05, 3.63) is 65.1 Å². The first-order chi connectivity index (χ1) is 12.5. The molecule has 0 unspecified atom stereocenters. The second-order valence-corrected chi connectivity index (χ2v) is 6.33. The molecule has 0 amide bonds. The van der Waals surface area contributed by atoms with Gasteiger partial charge in [0.05, 0.1) is 18.1 Å². The lowest BCUT2D eigenvalue weighted by molar-refractivity contribution is -0.144. The van der Waals surface area contributed by atoms with Crippen LogP contribution < -0.4 is 0 Å². The summed E-state index contributed by atoms with van der Waals surface area (Å²) in [6.07, 6.45) is 1.58. The first-order valence-electron chi connectivity index (χ1n) is 8.67. The quantitative estimate of drug-likeness (QED) is 0.519. The van der Waals surface area contributed by atoms with E-state index in [2.05, 4.69) is 4.98 Å². The van der Waals surface area contributed by atoms with Crippen molar-refractivity contribution in [3.63, 3.8) is 0 Å². The maximum Gasteiger partial charge on any atom is 0.314 e. The second kappa shape index (κ2) is 7.12. The molecule has 2 aromatic heterocycles. The van der Waals surface area contributed by atoms with Gasteiger partial charge in [0.25, 0.3) is 0 Å². The molecule has 26 heavy (non-hydrogen) atoms. The summed E-state index contributed by atoms with van der Waals surface area (Å²) < 4.78 is 7.10. The van der Waals surface area contributed by atoms with E-state index >= 15 is 0 Å². The average molecular weight is 350 g/mol. The average Bonchev–Trinajstić information content (AvgIpc) is 2.94. The van der Waals surface area contributed by atoms with Crippen molar-refractivity contribution in [3.8, 4) is 0 Å². The molecule has 0 saturated carbocycles. The molecule has 5 nitrogen and oxygen atoms in total. The number of hydrogen-bond donors (Lipinski definition) is 0. The Hall–Kier alpha value is -2.95. The summed E-state index contributed by atoms with van der Waals surface area (Å²) in [4.78, 5) is 29.9. The number of hydrogen-bond acceptors (Lipinski definition) is 4. The molecule has 3 rings (SSSR count). The van der Waals surface area contributed by atoms with Crippen LogP contribution in [0.1, 0.15) is 47.1 Å². The molecule has 0 aliphatic carbocycles. The highest BCUT2D eigenvalue weighted by atomic mass is 16.5. The summed E-state index contributed by atoms with van der Waals surface area (Å²) >= 11 is 0. The van der Waals surface area contributed by atoms with Gasteiger partial charge in [-0.25, -0.2) is 0 Å². The fourth-order valence-corrected chi connectivity index (χ4v) is 3.28. The fraction of sp³-hybridized carbons (Fsp3) is 0.286. The molecule has 3 aromatic rings. The zero-order valence-electron chi connectivity index (χ0n) is 15.4. The van der Waals surface area contributed by atoms with Gasteiger partial charge in [0.1, 0.15) is 0 Å². The number of pyridine rings is 1. The van der Waals surface area contributed by atoms with Crippen molar-refractivity contribution in [2.24, 2.45) is 7.05 Å². The topological polar surface area (TPSA) is 61.2 Å². The molecule has 0 saturated heterocycles. The van der Waals surface area contributed by atoms with Crippen LogP contribution in [-0.2, 0) is 16.6 Å². The highest BCUT2D eigenvalue weighted by Crippen LogP contribution is 2.32. The molecule has 0 spiro atoms. The van der Waals surface area contributed by atoms with Crippen LogP contribution in [0.4, 0.5) is 0 Å². The molecule has 0 aliphatic heterocycles. The molecule has 0 aliphatic rings. The number of esters is 1. The minimum Gasteiger partial charge on any atom is -0.465 e. The van der Waals surface area contributed by atoms with Crippen LogP contribution in [0.3, 0.4) is 0 Å². The van der Waals surface area contributed by atoms with Crippen molar-refractivity contribution >= 4 is 22.7 Å². The van der Waals surface area contributed by atoms with Crippen molar-refractivity contribution in [2.75, 3.05) is 6.61 Å². The summed E-state index contributed by atoms with van der Waals surface area (Å²) in [5, 5.41) is 0.826. The van der Waals surface area contributed by atoms with Crippen LogP contribution in [0.5, 0.6) is 0 Å². The summed E-state index contributed by atoms with van der Waals surface area (Å²) in [5.41, 5.74) is 3.45. The van der Waals surface area contributed by atoms with Gasteiger partial charge in [-0.1, -0.05) is 18.2 Å². The lowest BCUT2D eigenvalue weighted by Crippen LogP contribution is -2.18. The molecule has 0 bridgehead atoms. The maximum atomic E-state index is 13.3. The number of carbonyl (C=O) groups excluding carboxylic acids is 2. The largest absolute Gasteiger partial charge is 0.465 e. The van der Waals surface area contributed by atoms with Gasteiger partial charge in [-0.05, 0) is 39.0 Å². The van der Waals surface area contributed by atoms with Crippen LogP contribution in [0.25, 0.3) is 10.9 Å². The van der Waals surface area contributed by atoms with Gasteiger partial charge >= 0.3 is 5.97 Å². The number of benzene rings is 1. The number of carbonyl (C=O) groups is 2. The van der Waals surface area contributed by atoms with Gasteiger partial charge in [-0.2, -0.15) is 0 Å². The van der Waals surface area contributed by atoms with Crippen LogP contribution in [0.2, 0.25) is 0 Å². The Morgan fingerprint density at radius 2 is 1.92 bits per heavy atom. The fourth-order valence-electron chi connectivity index (χ4n) is 3.28. The first-order valence-corrected chi connectivity index (χ1v) is 8.67. The van der Waals surface area contributed by atoms with E-state index in [1.165, 1.54) is 0 Å². The number of nitrogens with zero attached hydrogens (tertiary/aromatic N) is 2. The van der Waals surface area contributed by atoms with Crippen LogP contribution >= 0.6 is 0 Å². The third kappa shape index (κ3) is 3.01. The third-order valence-electron chi connectivity index (χ3n) is 4.60. The highest BCUT2D eigenvalue weighted by molar-refractivity contribution is 6.18. The van der Waals surface area contributed by atoms with E-state index in [9.17, 15) is 9.59 Å². The predicted octanol–water partition coefficient (Wildman–Crippen LogP) is 3.78. The van der Waals surface area contributed by atoms with Crippen LogP contribution in [0, 0.1) is 6.92 Å². The highest BCUT2D eigenvalue weighted by Gasteiger charge is 2.29. The van der Waals surface area contributed by atoms with E-state index in [1.54, 1.807) is 26.1 Å². The van der Waals surface area contributed by atoms with Gasteiger partial charge in [0.2, 0.25) is 0 Å². The molecule has 0 fully saturated rings. The van der Waals surface area contributed by atoms with E-state index in [0.717, 1.165) is 16.6 Å². The molecule has 0 radical (unpaired) electrons. The Balaban J connectivity index is 2.22. The third-order valence-corrected chi connectivity index (χ3v) is 4.60. The number of ether oxygens (including phenoxy) is 1. The first kappa shape index (κ1) is 17.9. The lowest BCUT2D eigenvalue weighted by atomic mass is 9.95. The van der Waals surface area contributed by atoms with E-state index in [1.807, 2.05) is 48.9 Å². The van der Waals surface area contributed by atoms with Gasteiger partial charge in [-0.15, -0.1) is 0 Å². The van der Waals surface area contributed by atoms with Crippen molar-refractivity contribution in [2.45, 2.75) is 26.7 Å². The minimum absolute atomic E-state index is 0.138. The molecule has 5 heteroatoms. The summed E-state index contributed by atoms with van der Waals surface area (Å²) in [6, 6.07) is 11.2. The number of aryl methyl sites for hydroxylation is 2. The number of fused-ring (bicyclic) bond motifs is 1. The van der Waals surface area contributed by atoms with E-state index in [-0.39, 0.29) is 11.8 Å². The Bertz CT molecular complexity index is 971. The normalized spacial score (nSPS) is 12.2. The number of ketones is 1. The number of rotatable bonds is 5. The van der Waals surface area contributed by atoms with Gasteiger partial charge < -0.3 is 9.30 Å². The van der Waals surface area contributed by atoms with Gasteiger partial charge in [-0.3, -0.25) is 14.6 Å². The molecule has 134 valence electrons. The maximum absolute atomic E-state index is 13.3. The standard InChI is InChI=1S/C21H22N2O3/c1-5-26-21(25)14(3)19-18(16-8-6-7-9-17(16)23(19)4)20(24)15-11-10-13(2)22-12-15/h6-12,14H,5H2,1-4H3/t14-/m0/s1. The minimum atomic E-state index is -0.551. The van der Waals surface area contributed by atoms with E-state index < -0.39 is 5.92 Å². The Labute approximate surface area is 152 Å². The molecule has 1 atom stereocenters. The van der Waals surface area contributed by atoms with Crippen molar-refractivity contribution in [1.82, 2.24) is 9.55 Å². The number of para-hydroxylation sites is 1. The Kier molecular flexibility index (Phi) is 4.89. The van der Waals surface area contributed by atoms with E-state index in [4.69, 9.17) is 4.74 Å². The van der Waals surface area contributed by atoms with Crippen molar-refractivity contribution < 1.29 is 14.3 Å².